The maximum atomic E-state index is 12.0. The summed E-state index contributed by atoms with van der Waals surface area (Å²) < 4.78 is 4.95. The lowest BCUT2D eigenvalue weighted by Gasteiger charge is -2.23. The van der Waals surface area contributed by atoms with E-state index in [4.69, 9.17) is 4.74 Å². The SMILES string of the molecule is CC(CC(=O)OCC(=O)N(C)CC(=O)NC(C)(C)C)NC(=O)c1ccccc1. The van der Waals surface area contributed by atoms with Gasteiger partial charge in [0.1, 0.15) is 0 Å². The van der Waals surface area contributed by atoms with Crippen LogP contribution in [0.2, 0.25) is 0 Å². The van der Waals surface area contributed by atoms with Gasteiger partial charge in [0.25, 0.3) is 11.8 Å². The third kappa shape index (κ3) is 9.16. The maximum absolute atomic E-state index is 12.0. The predicted octanol–water partition coefficient (Wildman–Crippen LogP) is 1.11. The summed E-state index contributed by atoms with van der Waals surface area (Å²) in [6.45, 7) is 6.60. The Bertz CT molecular complexity index is 698. The Hall–Kier alpha value is -2.90. The van der Waals surface area contributed by atoms with Gasteiger partial charge in [-0.2, -0.15) is 0 Å². The Morgan fingerprint density at radius 1 is 1.11 bits per heavy atom. The van der Waals surface area contributed by atoms with Crippen LogP contribution in [0.15, 0.2) is 30.3 Å². The van der Waals surface area contributed by atoms with Crippen LogP contribution in [-0.4, -0.2) is 60.4 Å². The van der Waals surface area contributed by atoms with Crippen LogP contribution in [0.4, 0.5) is 0 Å². The van der Waals surface area contributed by atoms with E-state index in [1.165, 1.54) is 11.9 Å². The topological polar surface area (TPSA) is 105 Å². The molecule has 0 aliphatic rings. The summed E-state index contributed by atoms with van der Waals surface area (Å²) in [7, 11) is 1.46. The van der Waals surface area contributed by atoms with Crippen LogP contribution in [0.5, 0.6) is 0 Å². The van der Waals surface area contributed by atoms with Gasteiger partial charge < -0.3 is 20.3 Å². The fraction of sp³-hybridized carbons (Fsp3) is 0.500. The number of amides is 3. The van der Waals surface area contributed by atoms with Crippen LogP contribution >= 0.6 is 0 Å². The number of carbonyl (C=O) groups excluding carboxylic acids is 4. The molecule has 0 aromatic heterocycles. The van der Waals surface area contributed by atoms with Gasteiger partial charge >= 0.3 is 5.97 Å². The van der Waals surface area contributed by atoms with Gasteiger partial charge in [-0.1, -0.05) is 18.2 Å². The van der Waals surface area contributed by atoms with Gasteiger partial charge in [0.15, 0.2) is 6.61 Å². The number of rotatable bonds is 8. The number of ether oxygens (including phenoxy) is 1. The lowest BCUT2D eigenvalue weighted by molar-refractivity contribution is -0.152. The average Bonchev–Trinajstić information content (AvgIpc) is 2.58. The summed E-state index contributed by atoms with van der Waals surface area (Å²) in [6.07, 6.45) is -0.0694. The zero-order valence-electron chi connectivity index (χ0n) is 17.1. The van der Waals surface area contributed by atoms with E-state index in [2.05, 4.69) is 10.6 Å². The second-order valence-electron chi connectivity index (χ2n) is 7.65. The second kappa shape index (κ2) is 10.4. The van der Waals surface area contributed by atoms with E-state index in [0.29, 0.717) is 5.56 Å². The monoisotopic (exact) mass is 391 g/mol. The molecule has 1 aromatic carbocycles. The molecule has 154 valence electrons. The van der Waals surface area contributed by atoms with Gasteiger partial charge in [-0.05, 0) is 39.8 Å². The molecule has 0 heterocycles. The first-order valence-corrected chi connectivity index (χ1v) is 9.04. The predicted molar refractivity (Wildman–Crippen MR) is 104 cm³/mol. The third-order valence-corrected chi connectivity index (χ3v) is 3.56. The van der Waals surface area contributed by atoms with Crippen molar-refractivity contribution in [2.45, 2.75) is 45.7 Å². The Balaban J connectivity index is 2.35. The molecule has 0 bridgehead atoms. The van der Waals surface area contributed by atoms with Crippen LogP contribution in [0.1, 0.15) is 44.5 Å². The Morgan fingerprint density at radius 3 is 2.29 bits per heavy atom. The highest BCUT2D eigenvalue weighted by molar-refractivity contribution is 5.94. The number of esters is 1. The lowest BCUT2D eigenvalue weighted by atomic mass is 10.1. The summed E-state index contributed by atoms with van der Waals surface area (Å²) in [6, 6.07) is 8.19. The Labute approximate surface area is 165 Å². The molecule has 0 fully saturated rings. The van der Waals surface area contributed by atoms with Crippen LogP contribution in [0, 0.1) is 0 Å². The highest BCUT2D eigenvalue weighted by Crippen LogP contribution is 2.02. The summed E-state index contributed by atoms with van der Waals surface area (Å²) in [4.78, 5) is 48.9. The Kier molecular flexibility index (Phi) is 8.63. The zero-order valence-corrected chi connectivity index (χ0v) is 17.1. The summed E-state index contributed by atoms with van der Waals surface area (Å²) in [5, 5.41) is 5.44. The Morgan fingerprint density at radius 2 is 1.71 bits per heavy atom. The van der Waals surface area contributed by atoms with Gasteiger partial charge in [0, 0.05) is 24.2 Å². The minimum absolute atomic E-state index is 0.0694. The molecule has 0 saturated heterocycles. The quantitative estimate of drug-likeness (QED) is 0.646. The first-order chi connectivity index (χ1) is 13.0. The van der Waals surface area contributed by atoms with Crippen molar-refractivity contribution in [3.05, 3.63) is 35.9 Å². The van der Waals surface area contributed by atoms with E-state index < -0.39 is 30.1 Å². The van der Waals surface area contributed by atoms with Crippen molar-refractivity contribution in [2.24, 2.45) is 0 Å². The normalized spacial score (nSPS) is 11.9. The number of nitrogens with one attached hydrogen (secondary N) is 2. The first kappa shape index (κ1) is 23.1. The van der Waals surface area contributed by atoms with Crippen LogP contribution in [-0.2, 0) is 19.1 Å². The lowest BCUT2D eigenvalue weighted by Crippen LogP contribution is -2.47. The molecule has 1 aromatic rings. The van der Waals surface area contributed by atoms with E-state index in [1.807, 2.05) is 20.8 Å². The average molecular weight is 391 g/mol. The molecule has 0 aliphatic carbocycles. The van der Waals surface area contributed by atoms with E-state index in [0.717, 1.165) is 0 Å². The number of carbonyl (C=O) groups is 4. The minimum Gasteiger partial charge on any atom is -0.456 e. The zero-order chi connectivity index (χ0) is 21.3. The first-order valence-electron chi connectivity index (χ1n) is 9.04. The summed E-state index contributed by atoms with van der Waals surface area (Å²) in [5.74, 6) is -1.69. The largest absolute Gasteiger partial charge is 0.456 e. The molecule has 8 heteroatoms. The van der Waals surface area contributed by atoms with Gasteiger partial charge in [-0.25, -0.2) is 0 Å². The number of hydrogen-bond acceptors (Lipinski definition) is 5. The van der Waals surface area contributed by atoms with Crippen molar-refractivity contribution in [3.8, 4) is 0 Å². The minimum atomic E-state index is -0.609. The molecule has 28 heavy (non-hydrogen) atoms. The fourth-order valence-electron chi connectivity index (χ4n) is 2.27. The van der Waals surface area contributed by atoms with Gasteiger partial charge in [-0.3, -0.25) is 19.2 Å². The van der Waals surface area contributed by atoms with Crippen molar-refractivity contribution >= 4 is 23.7 Å². The molecular formula is C20H29N3O5. The van der Waals surface area contributed by atoms with Crippen molar-refractivity contribution in [3.63, 3.8) is 0 Å². The van der Waals surface area contributed by atoms with Crippen molar-refractivity contribution < 1.29 is 23.9 Å². The molecule has 0 spiro atoms. The molecule has 0 radical (unpaired) electrons. The smallest absolute Gasteiger partial charge is 0.308 e. The van der Waals surface area contributed by atoms with Gasteiger partial charge in [0.05, 0.1) is 13.0 Å². The van der Waals surface area contributed by atoms with Crippen LogP contribution < -0.4 is 10.6 Å². The second-order valence-corrected chi connectivity index (χ2v) is 7.65. The molecule has 8 nitrogen and oxygen atoms in total. The molecule has 1 unspecified atom stereocenters. The van der Waals surface area contributed by atoms with Crippen molar-refractivity contribution in [2.75, 3.05) is 20.2 Å². The standard InChI is InChI=1S/C20H29N3O5/c1-14(21-19(27)15-9-7-6-8-10-15)11-18(26)28-13-17(25)23(5)12-16(24)22-20(2,3)4/h6-10,14H,11-13H2,1-5H3,(H,21,27)(H,22,24). The number of hydrogen-bond donors (Lipinski definition) is 2. The highest BCUT2D eigenvalue weighted by atomic mass is 16.5. The van der Waals surface area contributed by atoms with E-state index in [9.17, 15) is 19.2 Å². The highest BCUT2D eigenvalue weighted by Gasteiger charge is 2.19. The number of nitrogens with zero attached hydrogens (tertiary/aromatic N) is 1. The number of likely N-dealkylation sites (N-methyl/N-ethyl adjacent to an activating group) is 1. The molecular weight excluding hydrogens is 362 g/mol. The van der Waals surface area contributed by atoms with Crippen LogP contribution in [0.25, 0.3) is 0 Å². The van der Waals surface area contributed by atoms with E-state index >= 15 is 0 Å². The molecule has 1 rings (SSSR count). The van der Waals surface area contributed by atoms with Crippen LogP contribution in [0.3, 0.4) is 0 Å². The third-order valence-electron chi connectivity index (χ3n) is 3.56. The van der Waals surface area contributed by atoms with Gasteiger partial charge in [0.2, 0.25) is 5.91 Å². The summed E-state index contributed by atoms with van der Waals surface area (Å²) >= 11 is 0. The summed E-state index contributed by atoms with van der Waals surface area (Å²) in [5.41, 5.74) is 0.0985. The molecule has 3 amide bonds. The van der Waals surface area contributed by atoms with E-state index in [1.54, 1.807) is 37.3 Å². The molecule has 2 N–H and O–H groups in total. The molecule has 1 atom stereocenters. The molecule has 0 aliphatic heterocycles. The number of benzene rings is 1. The van der Waals surface area contributed by atoms with Gasteiger partial charge in [-0.15, -0.1) is 0 Å². The van der Waals surface area contributed by atoms with E-state index in [-0.39, 0.29) is 24.8 Å². The van der Waals surface area contributed by atoms with Crippen molar-refractivity contribution in [1.29, 1.82) is 0 Å². The molecule has 0 saturated carbocycles. The van der Waals surface area contributed by atoms with Crippen molar-refractivity contribution in [1.82, 2.24) is 15.5 Å². The fourth-order valence-corrected chi connectivity index (χ4v) is 2.27. The maximum Gasteiger partial charge on any atom is 0.308 e.